The second-order valence-electron chi connectivity index (χ2n) is 5.15. The van der Waals surface area contributed by atoms with E-state index in [4.69, 9.17) is 31.3 Å². The van der Waals surface area contributed by atoms with Crippen LogP contribution in [0.15, 0.2) is 12.1 Å². The second kappa shape index (κ2) is 9.23. The lowest BCUT2D eigenvalue weighted by molar-refractivity contribution is -0.138. The number of aryl methyl sites for hydroxylation is 2. The molecule has 1 aromatic rings. The number of nitriles is 4. The molecule has 0 heterocycles. The van der Waals surface area contributed by atoms with Gasteiger partial charge < -0.3 is 10.2 Å². The molecular weight excluding hydrogens is 336 g/mol. The number of carboxylic acids is 2. The maximum atomic E-state index is 10.9. The third-order valence-electron chi connectivity index (χ3n) is 3.53. The number of benzene rings is 1. The van der Waals surface area contributed by atoms with Gasteiger partial charge in [0.2, 0.25) is 0 Å². The molecule has 0 aliphatic heterocycles. The highest BCUT2D eigenvalue weighted by molar-refractivity contribution is 5.76. The first-order valence-corrected chi connectivity index (χ1v) is 7.32. The van der Waals surface area contributed by atoms with Crippen LogP contribution in [0, 0.1) is 45.3 Å². The smallest absolute Gasteiger partial charge is 0.303 e. The van der Waals surface area contributed by atoms with Crippen molar-refractivity contribution in [3.8, 4) is 24.3 Å². The van der Waals surface area contributed by atoms with Gasteiger partial charge in [-0.25, -0.2) is 0 Å². The molecule has 1 aromatic carbocycles. The van der Waals surface area contributed by atoms with Crippen LogP contribution in [0.2, 0.25) is 0 Å². The van der Waals surface area contributed by atoms with Gasteiger partial charge in [-0.05, 0) is 36.1 Å². The molecule has 0 saturated heterocycles. The van der Waals surface area contributed by atoms with Crippen molar-refractivity contribution >= 4 is 23.1 Å². The van der Waals surface area contributed by atoms with Gasteiger partial charge in [0.25, 0.3) is 0 Å². The summed E-state index contributed by atoms with van der Waals surface area (Å²) in [4.78, 5) is 21.7. The normalized spacial score (nSPS) is 9.08. The molecule has 0 unspecified atom stereocenters. The molecule has 0 saturated carbocycles. The van der Waals surface area contributed by atoms with E-state index in [-0.39, 0.29) is 47.3 Å². The fourth-order valence-electron chi connectivity index (χ4n) is 2.34. The zero-order valence-corrected chi connectivity index (χ0v) is 13.5. The van der Waals surface area contributed by atoms with Crippen molar-refractivity contribution in [3.63, 3.8) is 0 Å². The molecule has 0 atom stereocenters. The van der Waals surface area contributed by atoms with Crippen LogP contribution >= 0.6 is 0 Å². The SMILES string of the molecule is N#CC(C#N)=c1cc(CCC(=O)O)c(=C(C#N)C#N)cc1CCC(=O)O. The van der Waals surface area contributed by atoms with E-state index >= 15 is 0 Å². The standard InChI is InChI=1S/C18H12N4O4/c19-7-13(8-20)15-6-12(2-4-18(25)26)16(14(9-21)10-22)5-11(15)1-3-17(23)24/h5-6H,1-4H2,(H,23,24)(H,25,26). The highest BCUT2D eigenvalue weighted by Crippen LogP contribution is 2.05. The van der Waals surface area contributed by atoms with Crippen molar-refractivity contribution in [2.24, 2.45) is 0 Å². The quantitative estimate of drug-likeness (QED) is 0.729. The maximum Gasteiger partial charge on any atom is 0.303 e. The van der Waals surface area contributed by atoms with Crippen molar-refractivity contribution in [3.05, 3.63) is 33.7 Å². The van der Waals surface area contributed by atoms with E-state index in [1.165, 1.54) is 12.1 Å². The second-order valence-corrected chi connectivity index (χ2v) is 5.15. The van der Waals surface area contributed by atoms with Crippen LogP contribution < -0.4 is 10.4 Å². The molecular formula is C18H12N4O4. The molecule has 0 radical (unpaired) electrons. The number of aliphatic carboxylic acids is 2. The molecule has 2 N–H and O–H groups in total. The Hall–Kier alpha value is -4.14. The van der Waals surface area contributed by atoms with E-state index < -0.39 is 11.9 Å². The Morgan fingerprint density at radius 2 is 1.04 bits per heavy atom. The van der Waals surface area contributed by atoms with Crippen LogP contribution in [0.4, 0.5) is 0 Å². The van der Waals surface area contributed by atoms with Gasteiger partial charge in [-0.2, -0.15) is 21.0 Å². The average molecular weight is 348 g/mol. The summed E-state index contributed by atoms with van der Waals surface area (Å²) in [5.74, 6) is -2.18. The third kappa shape index (κ3) is 4.93. The van der Waals surface area contributed by atoms with Gasteiger partial charge in [0, 0.05) is 23.3 Å². The van der Waals surface area contributed by atoms with E-state index in [9.17, 15) is 9.59 Å². The van der Waals surface area contributed by atoms with E-state index in [0.29, 0.717) is 11.1 Å². The van der Waals surface area contributed by atoms with Gasteiger partial charge >= 0.3 is 11.9 Å². The van der Waals surface area contributed by atoms with Crippen molar-refractivity contribution < 1.29 is 19.8 Å². The molecule has 0 aromatic heterocycles. The first kappa shape index (κ1) is 19.9. The summed E-state index contributed by atoms with van der Waals surface area (Å²) in [7, 11) is 0. The van der Waals surface area contributed by atoms with E-state index in [0.717, 1.165) is 0 Å². The van der Waals surface area contributed by atoms with Gasteiger partial charge in [0.05, 0.1) is 0 Å². The Balaban J connectivity index is 3.91. The number of hydrogen-bond donors (Lipinski definition) is 2. The van der Waals surface area contributed by atoms with E-state index in [1.807, 2.05) is 0 Å². The fourth-order valence-corrected chi connectivity index (χ4v) is 2.34. The van der Waals surface area contributed by atoms with Crippen LogP contribution in [0.25, 0.3) is 11.1 Å². The first-order chi connectivity index (χ1) is 12.4. The summed E-state index contributed by atoms with van der Waals surface area (Å²) in [5, 5.41) is 54.6. The predicted molar refractivity (Wildman–Crippen MR) is 86.9 cm³/mol. The minimum absolute atomic E-state index is 0.0200. The minimum atomic E-state index is -1.09. The molecule has 0 spiro atoms. The number of carboxylic acid groups (broad SMARTS) is 2. The lowest BCUT2D eigenvalue weighted by atomic mass is 9.95. The topological polar surface area (TPSA) is 170 Å². The molecule has 8 heteroatoms. The molecule has 0 aliphatic carbocycles. The summed E-state index contributed by atoms with van der Waals surface area (Å²) >= 11 is 0. The molecule has 1 rings (SSSR count). The summed E-state index contributed by atoms with van der Waals surface area (Å²) in [5.41, 5.74) is 0.123. The van der Waals surface area contributed by atoms with Gasteiger partial charge in [-0.3, -0.25) is 9.59 Å². The van der Waals surface area contributed by atoms with Crippen LogP contribution in [-0.2, 0) is 22.4 Å². The Morgan fingerprint density at radius 1 is 0.731 bits per heavy atom. The Labute approximate surface area is 148 Å². The van der Waals surface area contributed by atoms with Crippen LogP contribution in [0.5, 0.6) is 0 Å². The maximum absolute atomic E-state index is 10.9. The zero-order valence-electron chi connectivity index (χ0n) is 13.5. The summed E-state index contributed by atoms with van der Waals surface area (Å²) in [6, 6.07) is 9.64. The minimum Gasteiger partial charge on any atom is -0.481 e. The van der Waals surface area contributed by atoms with Gasteiger partial charge in [0.15, 0.2) is 0 Å². The molecule has 8 nitrogen and oxygen atoms in total. The molecule has 0 aliphatic rings. The Morgan fingerprint density at radius 3 is 1.27 bits per heavy atom. The average Bonchev–Trinajstić information content (AvgIpc) is 2.61. The Bertz CT molecular complexity index is 926. The number of rotatable bonds is 6. The predicted octanol–water partition coefficient (Wildman–Crippen LogP) is 0.117. The van der Waals surface area contributed by atoms with E-state index in [1.54, 1.807) is 24.3 Å². The number of nitrogens with zero attached hydrogens (tertiary/aromatic N) is 4. The molecule has 0 fully saturated rings. The lowest BCUT2D eigenvalue weighted by Gasteiger charge is -2.07. The molecule has 0 amide bonds. The first-order valence-electron chi connectivity index (χ1n) is 7.32. The van der Waals surface area contributed by atoms with Gasteiger partial charge in [-0.15, -0.1) is 0 Å². The largest absolute Gasteiger partial charge is 0.481 e. The van der Waals surface area contributed by atoms with Crippen LogP contribution in [-0.4, -0.2) is 22.2 Å². The summed E-state index contributed by atoms with van der Waals surface area (Å²) < 4.78 is 0. The Kier molecular flexibility index (Phi) is 7.06. The van der Waals surface area contributed by atoms with Gasteiger partial charge in [0.1, 0.15) is 35.4 Å². The molecule has 26 heavy (non-hydrogen) atoms. The fraction of sp³-hybridized carbons (Fsp3) is 0.222. The lowest BCUT2D eigenvalue weighted by Crippen LogP contribution is -2.24. The van der Waals surface area contributed by atoms with E-state index in [2.05, 4.69) is 0 Å². The third-order valence-corrected chi connectivity index (χ3v) is 3.53. The highest BCUT2D eigenvalue weighted by Gasteiger charge is 2.11. The monoisotopic (exact) mass is 348 g/mol. The van der Waals surface area contributed by atoms with Crippen molar-refractivity contribution in [1.82, 2.24) is 0 Å². The van der Waals surface area contributed by atoms with Crippen LogP contribution in [0.3, 0.4) is 0 Å². The number of carbonyl (C=O) groups is 2. The molecule has 0 bridgehead atoms. The van der Waals surface area contributed by atoms with Crippen molar-refractivity contribution in [2.75, 3.05) is 0 Å². The number of hydrogen-bond acceptors (Lipinski definition) is 6. The summed E-state index contributed by atoms with van der Waals surface area (Å²) in [6.07, 6.45) is -0.596. The molecule has 128 valence electrons. The van der Waals surface area contributed by atoms with Crippen molar-refractivity contribution in [2.45, 2.75) is 25.7 Å². The van der Waals surface area contributed by atoms with Gasteiger partial charge in [-0.1, -0.05) is 0 Å². The van der Waals surface area contributed by atoms with Crippen molar-refractivity contribution in [1.29, 1.82) is 21.0 Å². The van der Waals surface area contributed by atoms with Crippen LogP contribution in [0.1, 0.15) is 24.0 Å². The zero-order chi connectivity index (χ0) is 19.7. The summed E-state index contributed by atoms with van der Waals surface area (Å²) in [6.45, 7) is 0. The highest BCUT2D eigenvalue weighted by atomic mass is 16.4.